The molecule has 3 rings (SSSR count). The first-order valence-corrected chi connectivity index (χ1v) is 16.2. The zero-order valence-corrected chi connectivity index (χ0v) is 23.4. The highest BCUT2D eigenvalue weighted by atomic mass is 32.1. The van der Waals surface area contributed by atoms with Crippen molar-refractivity contribution >= 4 is 31.7 Å². The first-order valence-electron chi connectivity index (χ1n) is 12.5. The van der Waals surface area contributed by atoms with Gasteiger partial charge in [0.05, 0.1) is 19.3 Å². The normalized spacial score (nSPS) is 28.5. The SMILES string of the molecule is COC(=O)c1ccc(C=CC[C@@H]2[C@@H](CO[Si](C)(C)C(C)(C)C)[C@H](OC3CCCCO3)C[C@@H]2O)s1. The lowest BCUT2D eigenvalue weighted by molar-refractivity contribution is -0.197. The maximum absolute atomic E-state index is 11.7. The molecule has 0 radical (unpaired) electrons. The Morgan fingerprint density at radius 3 is 2.68 bits per heavy atom. The van der Waals surface area contributed by atoms with Crippen LogP contribution in [0.4, 0.5) is 0 Å². The number of hydrogen-bond acceptors (Lipinski definition) is 7. The molecule has 1 aromatic heterocycles. The molecule has 2 fully saturated rings. The number of aliphatic hydroxyl groups is 1. The van der Waals surface area contributed by atoms with Crippen LogP contribution in [0.3, 0.4) is 0 Å². The lowest BCUT2D eigenvalue weighted by atomic mass is 9.91. The van der Waals surface area contributed by atoms with Gasteiger partial charge >= 0.3 is 5.97 Å². The van der Waals surface area contributed by atoms with Crippen molar-refractivity contribution in [2.45, 2.75) is 89.5 Å². The van der Waals surface area contributed by atoms with E-state index >= 15 is 0 Å². The summed E-state index contributed by atoms with van der Waals surface area (Å²) in [6.45, 7) is 12.6. The van der Waals surface area contributed by atoms with Crippen molar-refractivity contribution < 1.29 is 28.5 Å². The van der Waals surface area contributed by atoms with Crippen LogP contribution in [0.25, 0.3) is 6.08 Å². The largest absolute Gasteiger partial charge is 0.465 e. The summed E-state index contributed by atoms with van der Waals surface area (Å²) in [4.78, 5) is 13.3. The summed E-state index contributed by atoms with van der Waals surface area (Å²) in [5, 5.41) is 11.1. The van der Waals surface area contributed by atoms with Gasteiger partial charge in [-0.2, -0.15) is 0 Å². The zero-order chi connectivity index (χ0) is 24.9. The predicted octanol–water partition coefficient (Wildman–Crippen LogP) is 5.87. The van der Waals surface area contributed by atoms with E-state index in [-0.39, 0.29) is 35.2 Å². The number of carbonyl (C=O) groups excluding carboxylic acids is 1. The van der Waals surface area contributed by atoms with E-state index in [9.17, 15) is 9.90 Å². The van der Waals surface area contributed by atoms with Crippen molar-refractivity contribution in [3.05, 3.63) is 28.0 Å². The Morgan fingerprint density at radius 1 is 1.26 bits per heavy atom. The average Bonchev–Trinajstić information content (AvgIpc) is 3.36. The summed E-state index contributed by atoms with van der Waals surface area (Å²) < 4.78 is 23.7. The van der Waals surface area contributed by atoms with Crippen LogP contribution in [-0.4, -0.2) is 58.2 Å². The standard InChI is InChI=1S/C26H42O6SSi/c1-26(2,3)34(5,6)31-17-20-19(11-9-10-18-13-14-23(33-18)25(28)29-4)21(27)16-22(20)32-24-12-7-8-15-30-24/h9-10,13-14,19-22,24,27H,7-8,11-12,15-17H2,1-6H3/t19-,20-,21+,22-,24?/m1/s1. The zero-order valence-electron chi connectivity index (χ0n) is 21.5. The monoisotopic (exact) mass is 510 g/mol. The Bertz CT molecular complexity index is 824. The number of rotatable bonds is 9. The third-order valence-corrected chi connectivity index (χ3v) is 13.1. The summed E-state index contributed by atoms with van der Waals surface area (Å²) in [6.07, 6.45) is 7.86. The highest BCUT2D eigenvalue weighted by molar-refractivity contribution is 7.14. The fraction of sp³-hybridized carbons (Fsp3) is 0.731. The Kier molecular flexibility index (Phi) is 9.56. The molecule has 0 aromatic carbocycles. The molecule has 8 heteroatoms. The van der Waals surface area contributed by atoms with E-state index in [0.29, 0.717) is 17.9 Å². The third kappa shape index (κ3) is 7.01. The second-order valence-electron chi connectivity index (χ2n) is 11.0. The maximum Gasteiger partial charge on any atom is 0.348 e. The highest BCUT2D eigenvalue weighted by Gasteiger charge is 2.46. The summed E-state index contributed by atoms with van der Waals surface area (Å²) in [5.74, 6) is -0.161. The van der Waals surface area contributed by atoms with E-state index in [2.05, 4.69) is 39.9 Å². The molecule has 192 valence electrons. The molecular formula is C26H42O6SSi. The van der Waals surface area contributed by atoms with Crippen molar-refractivity contribution in [3.63, 3.8) is 0 Å². The van der Waals surface area contributed by atoms with E-state index in [4.69, 9.17) is 18.6 Å². The molecule has 1 aliphatic heterocycles. The van der Waals surface area contributed by atoms with Crippen molar-refractivity contribution in [1.29, 1.82) is 0 Å². The summed E-state index contributed by atoms with van der Waals surface area (Å²) in [7, 11) is -0.539. The topological polar surface area (TPSA) is 74.2 Å². The summed E-state index contributed by atoms with van der Waals surface area (Å²) >= 11 is 1.41. The van der Waals surface area contributed by atoms with Gasteiger partial charge in [0.1, 0.15) is 4.88 Å². The van der Waals surface area contributed by atoms with E-state index < -0.39 is 14.4 Å². The van der Waals surface area contributed by atoms with Crippen LogP contribution >= 0.6 is 11.3 Å². The molecular weight excluding hydrogens is 468 g/mol. The highest BCUT2D eigenvalue weighted by Crippen LogP contribution is 2.42. The number of ether oxygens (including phenoxy) is 3. The van der Waals surface area contributed by atoms with Gasteiger partial charge in [0.2, 0.25) is 0 Å². The fourth-order valence-corrected chi connectivity index (χ4v) is 6.30. The molecule has 0 amide bonds. The molecule has 6 nitrogen and oxygen atoms in total. The Balaban J connectivity index is 1.70. The molecule has 2 aliphatic rings. The van der Waals surface area contributed by atoms with Crippen LogP contribution in [0.5, 0.6) is 0 Å². The molecule has 0 bridgehead atoms. The van der Waals surface area contributed by atoms with Gasteiger partial charge in [-0.25, -0.2) is 4.79 Å². The second-order valence-corrected chi connectivity index (χ2v) is 16.9. The van der Waals surface area contributed by atoms with Gasteiger partial charge in [-0.3, -0.25) is 0 Å². The van der Waals surface area contributed by atoms with Crippen molar-refractivity contribution in [1.82, 2.24) is 0 Å². The first kappa shape index (κ1) is 27.6. The summed E-state index contributed by atoms with van der Waals surface area (Å²) in [6, 6.07) is 3.70. The van der Waals surface area contributed by atoms with Gasteiger partial charge < -0.3 is 23.7 Å². The van der Waals surface area contributed by atoms with E-state index in [0.717, 1.165) is 37.2 Å². The second kappa shape index (κ2) is 11.8. The number of aliphatic hydroxyl groups excluding tert-OH is 1. The molecule has 1 N–H and O–H groups in total. The summed E-state index contributed by atoms with van der Waals surface area (Å²) in [5.41, 5.74) is 0. The number of carbonyl (C=O) groups is 1. The minimum Gasteiger partial charge on any atom is -0.465 e. The number of allylic oxidation sites excluding steroid dienone is 1. The van der Waals surface area contributed by atoms with E-state index in [1.807, 2.05) is 12.1 Å². The lowest BCUT2D eigenvalue weighted by Gasteiger charge is -2.38. The molecule has 1 aliphatic carbocycles. The minimum absolute atomic E-state index is 0.0506. The molecule has 1 saturated carbocycles. The molecule has 5 atom stereocenters. The Morgan fingerprint density at radius 2 is 2.03 bits per heavy atom. The smallest absolute Gasteiger partial charge is 0.348 e. The molecule has 34 heavy (non-hydrogen) atoms. The first-order chi connectivity index (χ1) is 16.0. The van der Waals surface area contributed by atoms with Crippen molar-refractivity contribution in [3.8, 4) is 0 Å². The molecule has 1 saturated heterocycles. The molecule has 1 unspecified atom stereocenters. The molecule has 0 spiro atoms. The Labute approximate surface area is 209 Å². The Hall–Kier alpha value is -1.03. The van der Waals surface area contributed by atoms with Gasteiger partial charge in [-0.15, -0.1) is 11.3 Å². The third-order valence-electron chi connectivity index (χ3n) is 7.61. The average molecular weight is 511 g/mol. The quantitative estimate of drug-likeness (QED) is 0.331. The molecule has 2 heterocycles. The molecule has 1 aromatic rings. The van der Waals surface area contributed by atoms with Crippen molar-refractivity contribution in [2.75, 3.05) is 20.3 Å². The fourth-order valence-electron chi connectivity index (χ4n) is 4.40. The number of thiophene rings is 1. The number of esters is 1. The van der Waals surface area contributed by atoms with E-state index in [1.165, 1.54) is 18.4 Å². The van der Waals surface area contributed by atoms with Crippen LogP contribution in [0.15, 0.2) is 18.2 Å². The van der Waals surface area contributed by atoms with Crippen molar-refractivity contribution in [2.24, 2.45) is 11.8 Å². The van der Waals surface area contributed by atoms with Gasteiger partial charge in [0.15, 0.2) is 14.6 Å². The maximum atomic E-state index is 11.7. The number of hydrogen-bond donors (Lipinski definition) is 1. The van der Waals surface area contributed by atoms with Crippen LogP contribution in [0, 0.1) is 11.8 Å². The van der Waals surface area contributed by atoms with Gasteiger partial charge in [0.25, 0.3) is 0 Å². The lowest BCUT2D eigenvalue weighted by Crippen LogP contribution is -2.44. The van der Waals surface area contributed by atoms with Crippen LogP contribution in [0.1, 0.15) is 67.4 Å². The van der Waals surface area contributed by atoms with Gasteiger partial charge in [-0.05, 0) is 67.9 Å². The predicted molar refractivity (Wildman–Crippen MR) is 139 cm³/mol. The minimum atomic E-state index is -1.93. The van der Waals surface area contributed by atoms with Crippen LogP contribution < -0.4 is 0 Å². The number of methoxy groups -OCH3 is 1. The van der Waals surface area contributed by atoms with Gasteiger partial charge in [0, 0.05) is 30.4 Å². The van der Waals surface area contributed by atoms with E-state index in [1.54, 1.807) is 6.07 Å². The van der Waals surface area contributed by atoms with Crippen LogP contribution in [0.2, 0.25) is 18.1 Å². The van der Waals surface area contributed by atoms with Crippen LogP contribution in [-0.2, 0) is 18.6 Å². The van der Waals surface area contributed by atoms with Gasteiger partial charge in [-0.1, -0.05) is 26.8 Å².